The van der Waals surface area contributed by atoms with E-state index in [0.717, 1.165) is 12.4 Å². The van der Waals surface area contributed by atoms with Gasteiger partial charge in [-0.15, -0.1) is 0 Å². The Morgan fingerprint density at radius 2 is 1.96 bits per heavy atom. The molecular formula is C21H22N2O2. The van der Waals surface area contributed by atoms with Crippen LogP contribution in [0, 0.1) is 0 Å². The molecule has 2 aromatic heterocycles. The normalized spacial score (nSPS) is 25.4. The van der Waals surface area contributed by atoms with E-state index in [4.69, 9.17) is 9.47 Å². The maximum Gasteiger partial charge on any atom is 0.123 e. The first-order chi connectivity index (χ1) is 12.3. The number of hydrogen-bond acceptors (Lipinski definition) is 3. The summed E-state index contributed by atoms with van der Waals surface area (Å²) in [6.45, 7) is 1.55. The second-order valence-corrected chi connectivity index (χ2v) is 7.31. The van der Waals surface area contributed by atoms with Crippen LogP contribution < -0.4 is 4.74 Å². The number of epoxide rings is 1. The Kier molecular flexibility index (Phi) is 3.52. The number of hydrogen-bond donors (Lipinski definition) is 0. The predicted molar refractivity (Wildman–Crippen MR) is 95.9 cm³/mol. The molecule has 0 radical (unpaired) electrons. The predicted octanol–water partition coefficient (Wildman–Crippen LogP) is 4.34. The van der Waals surface area contributed by atoms with E-state index >= 15 is 0 Å². The lowest BCUT2D eigenvalue weighted by Gasteiger charge is -2.25. The van der Waals surface area contributed by atoms with Gasteiger partial charge in [0.15, 0.2) is 0 Å². The average Bonchev–Trinajstić information content (AvgIpc) is 3.28. The molecule has 1 aromatic carbocycles. The van der Waals surface area contributed by atoms with Gasteiger partial charge in [-0.05, 0) is 43.2 Å². The minimum Gasteiger partial charge on any atom is -0.489 e. The summed E-state index contributed by atoms with van der Waals surface area (Å²) in [4.78, 5) is 0. The zero-order valence-corrected chi connectivity index (χ0v) is 14.2. The van der Waals surface area contributed by atoms with Gasteiger partial charge in [-0.1, -0.05) is 30.3 Å². The second kappa shape index (κ2) is 5.88. The lowest BCUT2D eigenvalue weighted by molar-refractivity contribution is 0.223. The van der Waals surface area contributed by atoms with Gasteiger partial charge in [0.2, 0.25) is 0 Å². The first-order valence-corrected chi connectivity index (χ1v) is 9.09. The molecule has 1 saturated carbocycles. The van der Waals surface area contributed by atoms with Crippen molar-refractivity contribution in [1.82, 2.24) is 9.61 Å². The van der Waals surface area contributed by atoms with Crippen LogP contribution in [0.5, 0.6) is 5.75 Å². The zero-order valence-electron chi connectivity index (χ0n) is 14.2. The molecule has 1 spiro atoms. The van der Waals surface area contributed by atoms with Crippen molar-refractivity contribution in [2.75, 3.05) is 6.61 Å². The molecule has 4 heteroatoms. The standard InChI is InChI=1S/C21H22N2O2/c1-2-4-16(5-3-1)14-24-18-8-11-23-20(12-18)19(13-22-23)17-6-9-21(10-7-17)15-25-21/h1-5,8,11-13,17H,6-7,9-10,14-15H2. The third-order valence-corrected chi connectivity index (χ3v) is 5.66. The quantitative estimate of drug-likeness (QED) is 0.666. The van der Waals surface area contributed by atoms with Gasteiger partial charge in [-0.3, -0.25) is 0 Å². The highest BCUT2D eigenvalue weighted by Gasteiger charge is 2.47. The van der Waals surface area contributed by atoms with Crippen LogP contribution in [0.25, 0.3) is 5.52 Å². The monoisotopic (exact) mass is 334 g/mol. The summed E-state index contributed by atoms with van der Waals surface area (Å²) in [6.07, 6.45) is 8.77. The lowest BCUT2D eigenvalue weighted by Crippen LogP contribution is -2.20. The van der Waals surface area contributed by atoms with Crippen molar-refractivity contribution < 1.29 is 9.47 Å². The molecule has 1 saturated heterocycles. The maximum absolute atomic E-state index is 5.99. The van der Waals surface area contributed by atoms with Gasteiger partial charge in [0, 0.05) is 17.8 Å². The van der Waals surface area contributed by atoms with Crippen molar-refractivity contribution in [3.8, 4) is 5.75 Å². The first kappa shape index (κ1) is 15.0. The van der Waals surface area contributed by atoms with Crippen molar-refractivity contribution in [1.29, 1.82) is 0 Å². The van der Waals surface area contributed by atoms with Crippen molar-refractivity contribution in [3.05, 3.63) is 66.0 Å². The number of nitrogens with zero attached hydrogens (tertiary/aromatic N) is 2. The number of ether oxygens (including phenoxy) is 2. The molecule has 3 aromatic rings. The van der Waals surface area contributed by atoms with Crippen LogP contribution in [-0.4, -0.2) is 21.8 Å². The molecule has 0 unspecified atom stereocenters. The highest BCUT2D eigenvalue weighted by Crippen LogP contribution is 2.47. The Morgan fingerprint density at radius 3 is 2.72 bits per heavy atom. The van der Waals surface area contributed by atoms with Gasteiger partial charge >= 0.3 is 0 Å². The van der Waals surface area contributed by atoms with Crippen molar-refractivity contribution in [2.24, 2.45) is 0 Å². The smallest absolute Gasteiger partial charge is 0.123 e. The molecule has 128 valence electrons. The number of benzene rings is 1. The fraction of sp³-hybridized carbons (Fsp3) is 0.381. The summed E-state index contributed by atoms with van der Waals surface area (Å²) in [5.41, 5.74) is 3.94. The van der Waals surface area contributed by atoms with Crippen molar-refractivity contribution >= 4 is 5.52 Å². The second-order valence-electron chi connectivity index (χ2n) is 7.31. The van der Waals surface area contributed by atoms with Crippen LogP contribution >= 0.6 is 0 Å². The molecule has 2 fully saturated rings. The zero-order chi connectivity index (χ0) is 16.7. The summed E-state index contributed by atoms with van der Waals surface area (Å²) >= 11 is 0. The molecule has 1 aliphatic carbocycles. The first-order valence-electron chi connectivity index (χ1n) is 9.09. The average molecular weight is 334 g/mol. The molecule has 2 aliphatic rings. The Labute approximate surface area is 147 Å². The lowest BCUT2D eigenvalue weighted by atomic mass is 9.79. The van der Waals surface area contributed by atoms with E-state index < -0.39 is 0 Å². The van der Waals surface area contributed by atoms with Gasteiger partial charge in [0.05, 0.1) is 23.9 Å². The van der Waals surface area contributed by atoms with Gasteiger partial charge in [-0.2, -0.15) is 5.10 Å². The van der Waals surface area contributed by atoms with Gasteiger partial charge < -0.3 is 9.47 Å². The summed E-state index contributed by atoms with van der Waals surface area (Å²) in [7, 11) is 0. The molecule has 3 heterocycles. The van der Waals surface area contributed by atoms with Gasteiger partial charge in [0.25, 0.3) is 0 Å². The van der Waals surface area contributed by atoms with Crippen LogP contribution in [0.2, 0.25) is 0 Å². The Morgan fingerprint density at radius 1 is 1.16 bits per heavy atom. The van der Waals surface area contributed by atoms with Gasteiger partial charge in [0.1, 0.15) is 12.4 Å². The van der Waals surface area contributed by atoms with Crippen molar-refractivity contribution in [3.63, 3.8) is 0 Å². The van der Waals surface area contributed by atoms with Crippen LogP contribution in [0.4, 0.5) is 0 Å². The van der Waals surface area contributed by atoms with E-state index in [1.807, 2.05) is 41.2 Å². The molecule has 0 atom stereocenters. The van der Waals surface area contributed by atoms with E-state index in [1.165, 1.54) is 42.3 Å². The largest absolute Gasteiger partial charge is 0.489 e. The van der Waals surface area contributed by atoms with Crippen LogP contribution in [0.1, 0.15) is 42.7 Å². The van der Waals surface area contributed by atoms with Crippen LogP contribution in [-0.2, 0) is 11.3 Å². The molecule has 1 aliphatic heterocycles. The van der Waals surface area contributed by atoms with E-state index in [0.29, 0.717) is 12.5 Å². The number of rotatable bonds is 4. The Balaban J connectivity index is 1.36. The molecule has 0 bridgehead atoms. The Bertz CT molecular complexity index is 873. The third kappa shape index (κ3) is 2.91. The fourth-order valence-corrected chi connectivity index (χ4v) is 3.97. The maximum atomic E-state index is 5.99. The van der Waals surface area contributed by atoms with E-state index in [2.05, 4.69) is 23.3 Å². The Hall–Kier alpha value is -2.33. The number of fused-ring (bicyclic) bond motifs is 1. The fourth-order valence-electron chi connectivity index (χ4n) is 3.97. The summed E-state index contributed by atoms with van der Waals surface area (Å²) in [5, 5.41) is 4.54. The minimum absolute atomic E-state index is 0.240. The molecule has 25 heavy (non-hydrogen) atoms. The highest BCUT2D eigenvalue weighted by molar-refractivity contribution is 5.58. The molecular weight excluding hydrogens is 312 g/mol. The molecule has 0 amide bonds. The highest BCUT2D eigenvalue weighted by atomic mass is 16.6. The number of pyridine rings is 1. The summed E-state index contributed by atoms with van der Waals surface area (Å²) < 4.78 is 13.6. The molecule has 0 N–H and O–H groups in total. The summed E-state index contributed by atoms with van der Waals surface area (Å²) in [6, 6.07) is 14.4. The van der Waals surface area contributed by atoms with E-state index in [-0.39, 0.29) is 5.60 Å². The van der Waals surface area contributed by atoms with E-state index in [9.17, 15) is 0 Å². The van der Waals surface area contributed by atoms with Crippen molar-refractivity contribution in [2.45, 2.75) is 43.8 Å². The topological polar surface area (TPSA) is 39.1 Å². The number of aromatic nitrogens is 2. The van der Waals surface area contributed by atoms with Crippen LogP contribution in [0.3, 0.4) is 0 Å². The molecule has 4 nitrogen and oxygen atoms in total. The summed E-state index contributed by atoms with van der Waals surface area (Å²) in [5.74, 6) is 1.48. The van der Waals surface area contributed by atoms with E-state index in [1.54, 1.807) is 0 Å². The van der Waals surface area contributed by atoms with Crippen LogP contribution in [0.15, 0.2) is 54.9 Å². The minimum atomic E-state index is 0.240. The van der Waals surface area contributed by atoms with Gasteiger partial charge in [-0.25, -0.2) is 4.52 Å². The SMILES string of the molecule is c1ccc(COc2ccn3ncc(C4CCC5(CC4)CO5)c3c2)cc1. The third-order valence-electron chi connectivity index (χ3n) is 5.66. The molecule has 5 rings (SSSR count).